The van der Waals surface area contributed by atoms with E-state index in [-0.39, 0.29) is 5.69 Å². The summed E-state index contributed by atoms with van der Waals surface area (Å²) in [5, 5.41) is 0. The molecule has 1 heterocycles. The largest absolute Gasteiger partial charge is 0.466 e. The van der Waals surface area contributed by atoms with E-state index in [2.05, 4.69) is 9.72 Å². The van der Waals surface area contributed by atoms with Crippen molar-refractivity contribution in [3.8, 4) is 0 Å². The average molecular weight is 330 g/mol. The predicted molar refractivity (Wildman–Crippen MR) is 78.5 cm³/mol. The Balaban J connectivity index is 3.52. The highest BCUT2D eigenvalue weighted by Gasteiger charge is 2.36. The quantitative estimate of drug-likeness (QED) is 0.523. The SMILES string of the molecule is COC(=O)C=Cc1c(C(F)(F)F)cc(C(=O)C(C)(C)C)nc1N. The van der Waals surface area contributed by atoms with Gasteiger partial charge in [-0.25, -0.2) is 9.78 Å². The number of nitrogen functional groups attached to an aromatic ring is 1. The number of pyridine rings is 1. The number of methoxy groups -OCH3 is 1. The molecule has 0 aliphatic heterocycles. The fourth-order valence-corrected chi connectivity index (χ4v) is 1.70. The summed E-state index contributed by atoms with van der Waals surface area (Å²) >= 11 is 0. The molecule has 8 heteroatoms. The molecule has 0 bridgehead atoms. The Kier molecular flexibility index (Phi) is 5.19. The molecule has 0 spiro atoms. The second-order valence-corrected chi connectivity index (χ2v) is 5.79. The van der Waals surface area contributed by atoms with Crippen molar-refractivity contribution in [1.82, 2.24) is 4.98 Å². The fraction of sp³-hybridized carbons (Fsp3) is 0.400. The summed E-state index contributed by atoms with van der Waals surface area (Å²) in [5.41, 5.74) is 2.64. The van der Waals surface area contributed by atoms with Gasteiger partial charge in [-0.3, -0.25) is 4.79 Å². The molecule has 0 aliphatic carbocycles. The van der Waals surface area contributed by atoms with Crippen LogP contribution in [0.15, 0.2) is 12.1 Å². The average Bonchev–Trinajstić information content (AvgIpc) is 2.41. The molecule has 0 atom stereocenters. The van der Waals surface area contributed by atoms with Gasteiger partial charge in [0.05, 0.1) is 12.7 Å². The smallest absolute Gasteiger partial charge is 0.417 e. The van der Waals surface area contributed by atoms with Crippen molar-refractivity contribution >= 4 is 23.6 Å². The van der Waals surface area contributed by atoms with Gasteiger partial charge in [-0.05, 0) is 12.1 Å². The zero-order chi connectivity index (χ0) is 18.0. The van der Waals surface area contributed by atoms with Crippen molar-refractivity contribution in [2.45, 2.75) is 26.9 Å². The first-order chi connectivity index (χ1) is 10.4. The van der Waals surface area contributed by atoms with Gasteiger partial charge < -0.3 is 10.5 Å². The number of ketones is 1. The van der Waals surface area contributed by atoms with Gasteiger partial charge in [-0.2, -0.15) is 13.2 Å². The Morgan fingerprint density at radius 2 is 1.83 bits per heavy atom. The van der Waals surface area contributed by atoms with Gasteiger partial charge in [-0.1, -0.05) is 20.8 Å². The van der Waals surface area contributed by atoms with Crippen LogP contribution in [-0.2, 0) is 15.7 Å². The summed E-state index contributed by atoms with van der Waals surface area (Å²) < 4.78 is 44.0. The maximum absolute atomic E-state index is 13.2. The summed E-state index contributed by atoms with van der Waals surface area (Å²) in [6.45, 7) is 4.68. The highest BCUT2D eigenvalue weighted by molar-refractivity contribution is 5.99. The Labute approximate surface area is 131 Å². The number of alkyl halides is 3. The maximum atomic E-state index is 13.2. The van der Waals surface area contributed by atoms with E-state index < -0.39 is 40.3 Å². The first-order valence-electron chi connectivity index (χ1n) is 6.56. The molecular weight excluding hydrogens is 313 g/mol. The van der Waals surface area contributed by atoms with Gasteiger partial charge in [0.15, 0.2) is 5.78 Å². The van der Waals surface area contributed by atoms with E-state index in [0.29, 0.717) is 6.07 Å². The van der Waals surface area contributed by atoms with Crippen LogP contribution in [0, 0.1) is 5.41 Å². The first kappa shape index (κ1) is 18.7. The molecule has 0 radical (unpaired) electrons. The minimum atomic E-state index is -4.76. The maximum Gasteiger partial charge on any atom is 0.417 e. The summed E-state index contributed by atoms with van der Waals surface area (Å²) in [4.78, 5) is 26.9. The molecule has 0 unspecified atom stereocenters. The number of nitrogens with two attached hydrogens (primary N) is 1. The molecule has 0 aromatic carbocycles. The molecule has 126 valence electrons. The van der Waals surface area contributed by atoms with Crippen molar-refractivity contribution in [2.24, 2.45) is 5.41 Å². The summed E-state index contributed by atoms with van der Waals surface area (Å²) in [5.74, 6) is -1.90. The standard InChI is InChI=1S/C15H17F3N2O3/c1-14(2,3)12(22)10-7-9(15(16,17)18)8(13(19)20-10)5-6-11(21)23-4/h5-7H,1-4H3,(H2,19,20). The molecular formula is C15H17F3N2O3. The van der Waals surface area contributed by atoms with Crippen molar-refractivity contribution < 1.29 is 27.5 Å². The monoisotopic (exact) mass is 330 g/mol. The molecule has 1 rings (SSSR count). The predicted octanol–water partition coefficient (Wildman–Crippen LogP) is 3.10. The van der Waals surface area contributed by atoms with E-state index in [1.165, 1.54) is 0 Å². The molecule has 0 aliphatic rings. The number of esters is 1. The zero-order valence-electron chi connectivity index (χ0n) is 13.1. The second kappa shape index (κ2) is 6.39. The van der Waals surface area contributed by atoms with E-state index in [4.69, 9.17) is 5.73 Å². The van der Waals surface area contributed by atoms with Crippen LogP contribution in [0.3, 0.4) is 0 Å². The van der Waals surface area contributed by atoms with Gasteiger partial charge in [0, 0.05) is 17.1 Å². The number of halogens is 3. The molecule has 23 heavy (non-hydrogen) atoms. The number of hydrogen-bond acceptors (Lipinski definition) is 5. The number of Topliss-reactive ketones (excluding diaryl/α,β-unsaturated/α-hetero) is 1. The van der Waals surface area contributed by atoms with Gasteiger partial charge in [-0.15, -0.1) is 0 Å². The highest BCUT2D eigenvalue weighted by atomic mass is 19.4. The number of anilines is 1. The third-order valence-corrected chi connectivity index (χ3v) is 2.89. The Morgan fingerprint density at radius 3 is 2.26 bits per heavy atom. The van der Waals surface area contributed by atoms with Crippen molar-refractivity contribution in [3.05, 3.63) is 29.0 Å². The topological polar surface area (TPSA) is 82.3 Å². The third kappa shape index (κ3) is 4.54. The van der Waals surface area contributed by atoms with Crippen LogP contribution in [0.2, 0.25) is 0 Å². The van der Waals surface area contributed by atoms with Crippen LogP contribution in [0.5, 0.6) is 0 Å². The first-order valence-corrected chi connectivity index (χ1v) is 6.56. The van der Waals surface area contributed by atoms with Crippen molar-refractivity contribution in [2.75, 3.05) is 12.8 Å². The number of carbonyl (C=O) groups excluding carboxylic acids is 2. The minimum absolute atomic E-state index is 0.377. The van der Waals surface area contributed by atoms with E-state index in [1.54, 1.807) is 20.8 Å². The lowest BCUT2D eigenvalue weighted by molar-refractivity contribution is -0.138. The lowest BCUT2D eigenvalue weighted by Crippen LogP contribution is -2.23. The van der Waals surface area contributed by atoms with E-state index in [9.17, 15) is 22.8 Å². The Morgan fingerprint density at radius 1 is 1.26 bits per heavy atom. The number of carbonyl (C=O) groups is 2. The zero-order valence-corrected chi connectivity index (χ0v) is 13.1. The number of nitrogens with zero attached hydrogens (tertiary/aromatic N) is 1. The number of hydrogen-bond donors (Lipinski definition) is 1. The molecule has 0 saturated carbocycles. The molecule has 0 saturated heterocycles. The minimum Gasteiger partial charge on any atom is -0.466 e. The third-order valence-electron chi connectivity index (χ3n) is 2.89. The van der Waals surface area contributed by atoms with Crippen molar-refractivity contribution in [1.29, 1.82) is 0 Å². The molecule has 0 fully saturated rings. The molecule has 1 aromatic heterocycles. The fourth-order valence-electron chi connectivity index (χ4n) is 1.70. The number of aromatic nitrogens is 1. The van der Waals surface area contributed by atoms with Gasteiger partial charge in [0.25, 0.3) is 0 Å². The van der Waals surface area contributed by atoms with Gasteiger partial charge in [0.2, 0.25) is 0 Å². The summed E-state index contributed by atoms with van der Waals surface area (Å²) in [6.07, 6.45) is -3.10. The van der Waals surface area contributed by atoms with Crippen LogP contribution >= 0.6 is 0 Å². The molecule has 0 amide bonds. The van der Waals surface area contributed by atoms with E-state index >= 15 is 0 Å². The van der Waals surface area contributed by atoms with Gasteiger partial charge in [0.1, 0.15) is 11.5 Å². The highest BCUT2D eigenvalue weighted by Crippen LogP contribution is 2.36. The van der Waals surface area contributed by atoms with E-state index in [0.717, 1.165) is 19.3 Å². The number of rotatable bonds is 3. The molecule has 2 N–H and O–H groups in total. The normalized spacial score (nSPS) is 12.5. The lowest BCUT2D eigenvalue weighted by Gasteiger charge is -2.19. The Hall–Kier alpha value is -2.38. The summed E-state index contributed by atoms with van der Waals surface area (Å²) in [6, 6.07) is 0.640. The lowest BCUT2D eigenvalue weighted by atomic mass is 9.88. The number of ether oxygens (including phenoxy) is 1. The van der Waals surface area contributed by atoms with Crippen LogP contribution < -0.4 is 5.73 Å². The van der Waals surface area contributed by atoms with Crippen LogP contribution in [-0.4, -0.2) is 23.8 Å². The van der Waals surface area contributed by atoms with Crippen molar-refractivity contribution in [3.63, 3.8) is 0 Å². The molecule has 1 aromatic rings. The Bertz CT molecular complexity index is 659. The second-order valence-electron chi connectivity index (χ2n) is 5.79. The van der Waals surface area contributed by atoms with Crippen LogP contribution in [0.4, 0.5) is 19.0 Å². The van der Waals surface area contributed by atoms with E-state index in [1.807, 2.05) is 0 Å². The van der Waals surface area contributed by atoms with Crippen LogP contribution in [0.1, 0.15) is 42.4 Å². The van der Waals surface area contributed by atoms with Gasteiger partial charge >= 0.3 is 12.1 Å². The molecule has 5 nitrogen and oxygen atoms in total. The summed E-state index contributed by atoms with van der Waals surface area (Å²) in [7, 11) is 1.09. The van der Waals surface area contributed by atoms with Crippen LogP contribution in [0.25, 0.3) is 6.08 Å².